The molecule has 2 heterocycles. The molecule has 35 heavy (non-hydrogen) atoms. The van der Waals surface area contributed by atoms with Crippen LogP contribution >= 0.6 is 11.3 Å². The zero-order valence-electron chi connectivity index (χ0n) is 18.7. The number of rotatable bonds is 3. The van der Waals surface area contributed by atoms with Crippen LogP contribution < -0.4 is 0 Å². The van der Waals surface area contributed by atoms with Crippen LogP contribution in [0.15, 0.2) is 115 Å². The van der Waals surface area contributed by atoms with Gasteiger partial charge in [-0.1, -0.05) is 109 Å². The highest BCUT2D eigenvalue weighted by molar-refractivity contribution is 7.23. The number of hydrogen-bond acceptors (Lipinski definition) is 4. The van der Waals surface area contributed by atoms with E-state index in [1.807, 2.05) is 60.7 Å². The first-order valence-electron chi connectivity index (χ1n) is 11.6. The standard InChI is InChI=1S/C31H19N3S/c1-3-11-20(12-4-1)29-32-30(21-13-5-2-6-14-21)34-31(33-29)27-19-26-24-17-8-7-15-22(24)23-16-9-10-18-25(23)28(26)35-27/h1-19H. The Bertz CT molecular complexity index is 1710. The molecule has 2 aromatic heterocycles. The normalized spacial score (nSPS) is 11.4. The molecule has 0 saturated heterocycles. The molecule has 0 atom stereocenters. The molecule has 0 saturated carbocycles. The number of fused-ring (bicyclic) bond motifs is 6. The van der Waals surface area contributed by atoms with Gasteiger partial charge in [0.2, 0.25) is 0 Å². The Morgan fingerprint density at radius 1 is 0.400 bits per heavy atom. The van der Waals surface area contributed by atoms with Gasteiger partial charge in [-0.3, -0.25) is 0 Å². The van der Waals surface area contributed by atoms with Crippen LogP contribution in [0.5, 0.6) is 0 Å². The van der Waals surface area contributed by atoms with E-state index in [2.05, 4.69) is 54.6 Å². The van der Waals surface area contributed by atoms with E-state index in [0.717, 1.165) is 16.0 Å². The Labute approximate surface area is 206 Å². The van der Waals surface area contributed by atoms with E-state index in [4.69, 9.17) is 15.0 Å². The highest BCUT2D eigenvalue weighted by Crippen LogP contribution is 2.42. The third kappa shape index (κ3) is 3.38. The molecule has 0 amide bonds. The summed E-state index contributed by atoms with van der Waals surface area (Å²) in [6.07, 6.45) is 0. The van der Waals surface area contributed by atoms with Gasteiger partial charge in [-0.25, -0.2) is 15.0 Å². The van der Waals surface area contributed by atoms with E-state index >= 15 is 0 Å². The lowest BCUT2D eigenvalue weighted by Crippen LogP contribution is -1.99. The lowest BCUT2D eigenvalue weighted by molar-refractivity contribution is 1.08. The van der Waals surface area contributed by atoms with Crippen molar-refractivity contribution in [1.29, 1.82) is 0 Å². The van der Waals surface area contributed by atoms with Gasteiger partial charge in [0, 0.05) is 26.6 Å². The number of benzene rings is 5. The lowest BCUT2D eigenvalue weighted by Gasteiger charge is -2.07. The quantitative estimate of drug-likeness (QED) is 0.246. The molecular weight excluding hydrogens is 446 g/mol. The fourth-order valence-electron chi connectivity index (χ4n) is 4.69. The maximum Gasteiger partial charge on any atom is 0.174 e. The highest BCUT2D eigenvalue weighted by atomic mass is 32.1. The van der Waals surface area contributed by atoms with Crippen LogP contribution in [-0.2, 0) is 0 Å². The van der Waals surface area contributed by atoms with Gasteiger partial charge in [0.25, 0.3) is 0 Å². The smallest absolute Gasteiger partial charge is 0.174 e. The van der Waals surface area contributed by atoms with Crippen molar-refractivity contribution >= 4 is 43.0 Å². The van der Waals surface area contributed by atoms with Crippen molar-refractivity contribution in [3.05, 3.63) is 115 Å². The van der Waals surface area contributed by atoms with Crippen molar-refractivity contribution in [3.8, 4) is 33.5 Å². The Hall–Kier alpha value is -4.41. The molecule has 4 heteroatoms. The average molecular weight is 466 g/mol. The van der Waals surface area contributed by atoms with Crippen LogP contribution in [0.2, 0.25) is 0 Å². The zero-order valence-corrected chi connectivity index (χ0v) is 19.5. The molecule has 0 bridgehead atoms. The summed E-state index contributed by atoms with van der Waals surface area (Å²) in [6, 6.07) is 39.7. The number of hydrogen-bond donors (Lipinski definition) is 0. The summed E-state index contributed by atoms with van der Waals surface area (Å²) in [5.74, 6) is 2.07. The molecule has 0 fully saturated rings. The first kappa shape index (κ1) is 20.0. The minimum absolute atomic E-state index is 0.682. The number of nitrogens with zero attached hydrogens (tertiary/aromatic N) is 3. The maximum absolute atomic E-state index is 4.94. The van der Waals surface area contributed by atoms with Crippen LogP contribution in [0.4, 0.5) is 0 Å². The minimum Gasteiger partial charge on any atom is -0.208 e. The van der Waals surface area contributed by atoms with Crippen LogP contribution in [-0.4, -0.2) is 15.0 Å². The van der Waals surface area contributed by atoms with E-state index in [9.17, 15) is 0 Å². The highest BCUT2D eigenvalue weighted by Gasteiger charge is 2.17. The third-order valence-corrected chi connectivity index (χ3v) is 7.50. The van der Waals surface area contributed by atoms with E-state index < -0.39 is 0 Å². The fourth-order valence-corrected chi connectivity index (χ4v) is 5.84. The van der Waals surface area contributed by atoms with Gasteiger partial charge in [-0.15, -0.1) is 11.3 Å². The molecule has 3 nitrogen and oxygen atoms in total. The van der Waals surface area contributed by atoms with Gasteiger partial charge in [0.1, 0.15) is 0 Å². The predicted octanol–water partition coefficient (Wildman–Crippen LogP) is 8.39. The number of thiophene rings is 1. The van der Waals surface area contributed by atoms with E-state index in [1.54, 1.807) is 11.3 Å². The van der Waals surface area contributed by atoms with E-state index in [-0.39, 0.29) is 0 Å². The molecule has 0 N–H and O–H groups in total. The zero-order chi connectivity index (χ0) is 23.2. The molecule has 0 aliphatic carbocycles. The molecule has 0 radical (unpaired) electrons. The largest absolute Gasteiger partial charge is 0.208 e. The average Bonchev–Trinajstić information content (AvgIpc) is 3.40. The van der Waals surface area contributed by atoms with Crippen LogP contribution in [0.1, 0.15) is 0 Å². The fraction of sp³-hybridized carbons (Fsp3) is 0. The van der Waals surface area contributed by atoms with Gasteiger partial charge in [-0.2, -0.15) is 0 Å². The molecular formula is C31H19N3S. The van der Waals surface area contributed by atoms with Gasteiger partial charge in [0.05, 0.1) is 4.88 Å². The molecule has 5 aromatic carbocycles. The Morgan fingerprint density at radius 3 is 1.40 bits per heavy atom. The lowest BCUT2D eigenvalue weighted by atomic mass is 9.99. The number of aromatic nitrogens is 3. The molecule has 0 spiro atoms. The van der Waals surface area contributed by atoms with Crippen LogP contribution in [0.3, 0.4) is 0 Å². The first-order chi connectivity index (χ1) is 17.3. The Kier molecular flexibility index (Phi) is 4.64. The van der Waals surface area contributed by atoms with Gasteiger partial charge >= 0.3 is 0 Å². The topological polar surface area (TPSA) is 38.7 Å². The van der Waals surface area contributed by atoms with E-state index in [1.165, 1.54) is 31.6 Å². The molecule has 0 unspecified atom stereocenters. The Balaban J connectivity index is 1.52. The predicted molar refractivity (Wildman–Crippen MR) is 147 cm³/mol. The van der Waals surface area contributed by atoms with Crippen molar-refractivity contribution in [2.24, 2.45) is 0 Å². The summed E-state index contributed by atoms with van der Waals surface area (Å²) in [4.78, 5) is 15.8. The van der Waals surface area contributed by atoms with Gasteiger partial charge in [-0.05, 0) is 22.2 Å². The van der Waals surface area contributed by atoms with Crippen LogP contribution in [0.25, 0.3) is 65.1 Å². The second-order valence-electron chi connectivity index (χ2n) is 8.48. The van der Waals surface area contributed by atoms with E-state index in [0.29, 0.717) is 17.5 Å². The van der Waals surface area contributed by atoms with Crippen LogP contribution in [0, 0.1) is 0 Å². The van der Waals surface area contributed by atoms with Crippen molar-refractivity contribution in [3.63, 3.8) is 0 Å². The summed E-state index contributed by atoms with van der Waals surface area (Å²) >= 11 is 1.75. The Morgan fingerprint density at radius 2 is 0.829 bits per heavy atom. The second-order valence-corrected chi connectivity index (χ2v) is 9.54. The summed E-state index contributed by atoms with van der Waals surface area (Å²) in [7, 11) is 0. The van der Waals surface area contributed by atoms with Crippen molar-refractivity contribution in [1.82, 2.24) is 15.0 Å². The summed E-state index contributed by atoms with van der Waals surface area (Å²) in [5.41, 5.74) is 1.95. The first-order valence-corrected chi connectivity index (χ1v) is 12.4. The summed E-state index contributed by atoms with van der Waals surface area (Å²) < 4.78 is 1.26. The molecule has 7 aromatic rings. The summed E-state index contributed by atoms with van der Waals surface area (Å²) in [5, 5.41) is 6.30. The van der Waals surface area contributed by atoms with Gasteiger partial charge < -0.3 is 0 Å². The maximum atomic E-state index is 4.94. The SMILES string of the molecule is c1ccc(-c2nc(-c3ccccc3)nc(-c3cc4c5ccccc5c5ccccc5c4s3)n2)cc1. The van der Waals surface area contributed by atoms with Crippen molar-refractivity contribution in [2.75, 3.05) is 0 Å². The minimum atomic E-state index is 0.682. The van der Waals surface area contributed by atoms with Gasteiger partial charge in [0.15, 0.2) is 17.5 Å². The van der Waals surface area contributed by atoms with Crippen molar-refractivity contribution < 1.29 is 0 Å². The van der Waals surface area contributed by atoms with Crippen molar-refractivity contribution in [2.45, 2.75) is 0 Å². The molecule has 164 valence electrons. The molecule has 0 aliphatic heterocycles. The molecule has 0 aliphatic rings. The summed E-state index contributed by atoms with van der Waals surface area (Å²) in [6.45, 7) is 0. The second kappa shape index (κ2) is 8.12. The monoisotopic (exact) mass is 465 g/mol. The molecule has 7 rings (SSSR count). The third-order valence-electron chi connectivity index (χ3n) is 6.33.